The summed E-state index contributed by atoms with van der Waals surface area (Å²) in [7, 11) is 0. The molecule has 0 fully saturated rings. The number of aromatic nitrogens is 1. The molecule has 7 heteroatoms. The Balaban J connectivity index is 2.56. The maximum absolute atomic E-state index is 10.8. The van der Waals surface area contributed by atoms with Gasteiger partial charge in [0.05, 0.1) is 34.0 Å². The van der Waals surface area contributed by atoms with Gasteiger partial charge < -0.3 is 10.8 Å². The van der Waals surface area contributed by atoms with Gasteiger partial charge in [0.25, 0.3) is 0 Å². The first kappa shape index (κ1) is 14.9. The van der Waals surface area contributed by atoms with Crippen molar-refractivity contribution in [3.05, 3.63) is 45.0 Å². The van der Waals surface area contributed by atoms with Crippen molar-refractivity contribution in [3.8, 4) is 11.3 Å². The number of benzene rings is 1. The van der Waals surface area contributed by atoms with Crippen molar-refractivity contribution in [2.45, 2.75) is 6.42 Å². The van der Waals surface area contributed by atoms with Crippen LogP contribution in [-0.2, 0) is 11.2 Å². The Hall–Kier alpha value is -1.49. The van der Waals surface area contributed by atoms with E-state index in [0.717, 1.165) is 0 Å². The van der Waals surface area contributed by atoms with Crippen molar-refractivity contribution < 1.29 is 9.90 Å². The highest BCUT2D eigenvalue weighted by molar-refractivity contribution is 6.41. The number of rotatable bonds is 3. The zero-order valence-electron chi connectivity index (χ0n) is 10.0. The quantitative estimate of drug-likeness (QED) is 0.893. The van der Waals surface area contributed by atoms with Gasteiger partial charge in [-0.15, -0.1) is 0 Å². The third-order valence-electron chi connectivity index (χ3n) is 2.63. The zero-order chi connectivity index (χ0) is 14.9. The molecule has 0 unspecified atom stereocenters. The van der Waals surface area contributed by atoms with E-state index in [1.54, 1.807) is 18.2 Å². The molecule has 104 valence electrons. The number of halogens is 3. The number of hydrogen-bond donors (Lipinski definition) is 2. The number of aliphatic carboxylic acids is 1. The van der Waals surface area contributed by atoms with Crippen LogP contribution in [-0.4, -0.2) is 16.1 Å². The molecule has 3 N–H and O–H groups in total. The fraction of sp³-hybridized carbons (Fsp3) is 0.0769. The SMILES string of the molecule is Nc1cnc(-c2c(Cl)cc(Cl)cc2Cl)cc1CC(=O)O. The zero-order valence-corrected chi connectivity index (χ0v) is 12.3. The monoisotopic (exact) mass is 330 g/mol. The van der Waals surface area contributed by atoms with Crippen molar-refractivity contribution in [1.29, 1.82) is 0 Å². The lowest BCUT2D eigenvalue weighted by molar-refractivity contribution is -0.136. The minimum Gasteiger partial charge on any atom is -0.481 e. The lowest BCUT2D eigenvalue weighted by Crippen LogP contribution is -2.04. The third kappa shape index (κ3) is 3.15. The van der Waals surface area contributed by atoms with E-state index in [4.69, 9.17) is 45.6 Å². The predicted octanol–water partition coefficient (Wildman–Crippen LogP) is 3.92. The van der Waals surface area contributed by atoms with E-state index in [1.165, 1.54) is 6.20 Å². The standard InChI is InChI=1S/C13H9Cl3N2O2/c14-7-3-8(15)13(9(16)4-7)11-1-6(2-12(19)20)10(17)5-18-11/h1,3-5H,2,17H2,(H,19,20). The molecule has 0 radical (unpaired) electrons. The van der Waals surface area contributed by atoms with Crippen LogP contribution in [0, 0.1) is 0 Å². The van der Waals surface area contributed by atoms with Gasteiger partial charge in [0, 0.05) is 10.6 Å². The second-order valence-corrected chi connectivity index (χ2v) is 5.33. The molecule has 0 aliphatic heterocycles. The number of carbonyl (C=O) groups is 1. The Morgan fingerprint density at radius 3 is 2.35 bits per heavy atom. The summed E-state index contributed by atoms with van der Waals surface area (Å²) in [6, 6.07) is 4.64. The minimum atomic E-state index is -0.984. The first-order chi connectivity index (χ1) is 9.38. The number of nitrogens with zero attached hydrogens (tertiary/aromatic N) is 1. The molecule has 2 rings (SSSR count). The summed E-state index contributed by atoms with van der Waals surface area (Å²) in [6.45, 7) is 0. The molecule has 2 aromatic rings. The fourth-order valence-corrected chi connectivity index (χ4v) is 2.76. The molecule has 20 heavy (non-hydrogen) atoms. The van der Waals surface area contributed by atoms with Gasteiger partial charge in [-0.25, -0.2) is 0 Å². The van der Waals surface area contributed by atoms with Crippen molar-refractivity contribution in [2.24, 2.45) is 0 Å². The average molecular weight is 332 g/mol. The van der Waals surface area contributed by atoms with Crippen LogP contribution in [0.4, 0.5) is 5.69 Å². The maximum Gasteiger partial charge on any atom is 0.307 e. The Morgan fingerprint density at radius 2 is 1.80 bits per heavy atom. The van der Waals surface area contributed by atoms with Crippen LogP contribution in [0.5, 0.6) is 0 Å². The highest BCUT2D eigenvalue weighted by Crippen LogP contribution is 2.37. The molecular weight excluding hydrogens is 323 g/mol. The minimum absolute atomic E-state index is 0.204. The number of nitrogen functional groups attached to an aromatic ring is 1. The van der Waals surface area contributed by atoms with Crippen LogP contribution < -0.4 is 5.73 Å². The molecule has 1 heterocycles. The number of carboxylic acid groups (broad SMARTS) is 1. The van der Waals surface area contributed by atoms with E-state index in [-0.39, 0.29) is 6.42 Å². The first-order valence-corrected chi connectivity index (χ1v) is 6.63. The van der Waals surface area contributed by atoms with Crippen LogP contribution in [0.15, 0.2) is 24.4 Å². The van der Waals surface area contributed by atoms with Crippen LogP contribution >= 0.6 is 34.8 Å². The van der Waals surface area contributed by atoms with E-state index in [9.17, 15) is 4.79 Å². The molecule has 1 aromatic heterocycles. The smallest absolute Gasteiger partial charge is 0.307 e. The molecule has 0 bridgehead atoms. The van der Waals surface area contributed by atoms with Gasteiger partial charge >= 0.3 is 5.97 Å². The predicted molar refractivity (Wildman–Crippen MR) is 80.5 cm³/mol. The Kier molecular flexibility index (Phi) is 4.38. The van der Waals surface area contributed by atoms with Gasteiger partial charge in [-0.3, -0.25) is 9.78 Å². The molecule has 0 spiro atoms. The second-order valence-electron chi connectivity index (χ2n) is 4.08. The lowest BCUT2D eigenvalue weighted by atomic mass is 10.1. The van der Waals surface area contributed by atoms with Gasteiger partial charge in [-0.05, 0) is 23.8 Å². The van der Waals surface area contributed by atoms with E-state index in [1.807, 2.05) is 0 Å². The van der Waals surface area contributed by atoms with Crippen LogP contribution in [0.2, 0.25) is 15.1 Å². The topological polar surface area (TPSA) is 76.2 Å². The van der Waals surface area contributed by atoms with Gasteiger partial charge in [0.1, 0.15) is 0 Å². The summed E-state index contributed by atoms with van der Waals surface area (Å²) < 4.78 is 0. The van der Waals surface area contributed by atoms with Crippen LogP contribution in [0.3, 0.4) is 0 Å². The molecule has 0 saturated carbocycles. The van der Waals surface area contributed by atoms with E-state index >= 15 is 0 Å². The van der Waals surface area contributed by atoms with Gasteiger partial charge in [0.2, 0.25) is 0 Å². The van der Waals surface area contributed by atoms with Gasteiger partial charge in [-0.1, -0.05) is 34.8 Å². The maximum atomic E-state index is 10.8. The Labute approximate surface area is 130 Å². The largest absolute Gasteiger partial charge is 0.481 e. The summed E-state index contributed by atoms with van der Waals surface area (Å²) >= 11 is 18.1. The van der Waals surface area contributed by atoms with Crippen LogP contribution in [0.25, 0.3) is 11.3 Å². The Morgan fingerprint density at radius 1 is 1.20 bits per heavy atom. The number of nitrogens with two attached hydrogens (primary N) is 1. The third-order valence-corrected chi connectivity index (χ3v) is 3.44. The van der Waals surface area contributed by atoms with Crippen molar-refractivity contribution in [3.63, 3.8) is 0 Å². The second kappa shape index (κ2) is 5.87. The molecule has 0 saturated heterocycles. The van der Waals surface area contributed by atoms with E-state index in [2.05, 4.69) is 4.98 Å². The number of carboxylic acids is 1. The molecule has 0 aliphatic carbocycles. The van der Waals surface area contributed by atoms with Crippen molar-refractivity contribution in [1.82, 2.24) is 4.98 Å². The Bertz CT molecular complexity index is 666. The highest BCUT2D eigenvalue weighted by atomic mass is 35.5. The fourth-order valence-electron chi connectivity index (χ4n) is 1.75. The number of pyridine rings is 1. The molecule has 4 nitrogen and oxygen atoms in total. The highest BCUT2D eigenvalue weighted by Gasteiger charge is 2.14. The molecule has 0 aliphatic rings. The first-order valence-electron chi connectivity index (χ1n) is 5.49. The molecule has 0 atom stereocenters. The summed E-state index contributed by atoms with van der Waals surface area (Å²) in [4.78, 5) is 14.9. The van der Waals surface area contributed by atoms with Crippen molar-refractivity contribution >= 4 is 46.5 Å². The summed E-state index contributed by atoms with van der Waals surface area (Å²) in [5.41, 5.74) is 7.39. The van der Waals surface area contributed by atoms with Crippen molar-refractivity contribution in [2.75, 3.05) is 5.73 Å². The average Bonchev–Trinajstić information content (AvgIpc) is 2.31. The van der Waals surface area contributed by atoms with E-state index < -0.39 is 5.97 Å². The number of hydrogen-bond acceptors (Lipinski definition) is 3. The molecule has 0 amide bonds. The summed E-state index contributed by atoms with van der Waals surface area (Å²) in [6.07, 6.45) is 1.18. The van der Waals surface area contributed by atoms with Gasteiger partial charge in [0.15, 0.2) is 0 Å². The number of anilines is 1. The summed E-state index contributed by atoms with van der Waals surface area (Å²) in [5.74, 6) is -0.984. The molecular formula is C13H9Cl3N2O2. The van der Waals surface area contributed by atoms with E-state index in [0.29, 0.717) is 37.6 Å². The lowest BCUT2D eigenvalue weighted by Gasteiger charge is -2.10. The van der Waals surface area contributed by atoms with Gasteiger partial charge in [-0.2, -0.15) is 0 Å². The summed E-state index contributed by atoms with van der Waals surface area (Å²) in [5, 5.41) is 9.93. The normalized spacial score (nSPS) is 10.6. The van der Waals surface area contributed by atoms with Crippen LogP contribution in [0.1, 0.15) is 5.56 Å². The molecule has 1 aromatic carbocycles.